The number of piperidine rings is 2. The van der Waals surface area contributed by atoms with Crippen LogP contribution < -0.4 is 19.2 Å². The summed E-state index contributed by atoms with van der Waals surface area (Å²) < 4.78 is 65.2. The number of anilines is 4. The molecule has 5 aliphatic heterocycles. The van der Waals surface area contributed by atoms with Crippen molar-refractivity contribution in [2.75, 3.05) is 71.0 Å². The number of rotatable bonds is 14. The van der Waals surface area contributed by atoms with E-state index in [1.54, 1.807) is 24.9 Å². The van der Waals surface area contributed by atoms with Crippen LogP contribution in [0.5, 0.6) is 0 Å². The lowest BCUT2D eigenvalue weighted by Crippen LogP contribution is -2.53. The zero-order valence-electron chi connectivity index (χ0n) is 46.2. The fraction of sp³-hybridized carbons (Fsp3) is 0.464. The van der Waals surface area contributed by atoms with E-state index in [0.717, 1.165) is 73.1 Å². The third kappa shape index (κ3) is 16.0. The molecule has 0 radical (unpaired) electrons. The number of hydrogen-bond acceptors (Lipinski definition) is 19. The number of halogens is 2. The van der Waals surface area contributed by atoms with Crippen LogP contribution in [0.4, 0.5) is 23.0 Å². The summed E-state index contributed by atoms with van der Waals surface area (Å²) in [6, 6.07) is 12.1. The standard InChI is InChI=1S/C27H31ClN6O7S.C23H27ClN6O4S.C4H4O3.2CH4/c1-16-13-34-23(29-26(16)32-14-18(15-32)41-25(37)9-8-24(35)36)12-21(30-34)22-5-3-4-10-33(22)27(38)19-11-17(28)6-7-20(19)31-42(2,39)40;1-14-11-30-21(25-22(14)28-12-16(31)13-28)10-19(26-30)20-5-3-4-8-29(20)23(32)17-9-15(24)6-7-18(17)27-35(2,33)34;5-3-1-2-4(6)7-3;;/h6-7,11-13,18,22,31H,3-5,8-10,14-15H2,1-2H3,(H,35,36);6-7,9-11,16,20,27,31H,3-5,8,12-13H2,1-2H3;1-2H2;2*1H4/t22-;20-;;;/m00.../s1. The molecule has 4 N–H and O–H groups in total. The third-order valence-electron chi connectivity index (χ3n) is 14.4. The molecule has 464 valence electrons. The first-order valence-electron chi connectivity index (χ1n) is 27.0. The van der Waals surface area contributed by atoms with Crippen LogP contribution in [0.3, 0.4) is 0 Å². The molecule has 5 aliphatic rings. The Bertz CT molecular complexity index is 3780. The van der Waals surface area contributed by atoms with Crippen molar-refractivity contribution in [1.29, 1.82) is 0 Å². The summed E-state index contributed by atoms with van der Waals surface area (Å²) in [6.07, 6.45) is 10.1. The monoisotopic (exact) mass is 1270 g/mol. The van der Waals surface area contributed by atoms with Gasteiger partial charge in [0.1, 0.15) is 17.7 Å². The van der Waals surface area contributed by atoms with Crippen LogP contribution >= 0.6 is 23.2 Å². The molecule has 0 unspecified atom stereocenters. The van der Waals surface area contributed by atoms with E-state index in [0.29, 0.717) is 72.7 Å². The minimum absolute atomic E-state index is 0. The first kappa shape index (κ1) is 65.9. The van der Waals surface area contributed by atoms with E-state index in [9.17, 15) is 50.7 Å². The number of cyclic esters (lactones) is 2. The largest absolute Gasteiger partial charge is 0.481 e. The summed E-state index contributed by atoms with van der Waals surface area (Å²) in [5.74, 6) is -1.49. The number of aliphatic hydroxyl groups is 1. The number of aliphatic hydroxyl groups excluding tert-OH is 1. The van der Waals surface area contributed by atoms with Gasteiger partial charge in [-0.15, -0.1) is 0 Å². The molecule has 30 heteroatoms. The maximum atomic E-state index is 13.8. The number of ether oxygens (including phenoxy) is 2. The number of β-amino-alcohol motifs (C(OH)–C–C–N with tert-alkyl or cyclic N) is 1. The molecule has 11 rings (SSSR count). The summed E-state index contributed by atoms with van der Waals surface area (Å²) in [6.45, 7) is 6.85. The van der Waals surface area contributed by atoms with Crippen LogP contribution in [0, 0.1) is 13.8 Å². The number of fused-ring (bicyclic) bond motifs is 2. The molecule has 5 saturated heterocycles. The number of carboxylic acids is 1. The molecule has 0 aliphatic carbocycles. The Labute approximate surface area is 507 Å². The lowest BCUT2D eigenvalue weighted by atomic mass is 9.98. The lowest BCUT2D eigenvalue weighted by Gasteiger charge is -2.39. The minimum Gasteiger partial charge on any atom is -0.481 e. The number of aliphatic carboxylic acids is 1. The van der Waals surface area contributed by atoms with Crippen LogP contribution in [-0.2, 0) is 48.7 Å². The number of aryl methyl sites for hydroxylation is 2. The number of carboxylic acid groups (broad SMARTS) is 1. The molecule has 2 amide bonds. The van der Waals surface area contributed by atoms with Gasteiger partial charge >= 0.3 is 23.9 Å². The van der Waals surface area contributed by atoms with E-state index in [1.807, 2.05) is 48.2 Å². The quantitative estimate of drug-likeness (QED) is 0.0646. The second-order valence-corrected chi connectivity index (χ2v) is 25.6. The average molecular weight is 1270 g/mol. The molecule has 6 aromatic rings. The summed E-state index contributed by atoms with van der Waals surface area (Å²) in [7, 11) is -7.21. The molecule has 0 spiro atoms. The number of aromatic nitrogens is 6. The fourth-order valence-corrected chi connectivity index (χ4v) is 11.9. The second-order valence-electron chi connectivity index (χ2n) is 21.2. The van der Waals surface area contributed by atoms with Crippen LogP contribution in [0.15, 0.2) is 60.9 Å². The highest BCUT2D eigenvalue weighted by Crippen LogP contribution is 2.37. The lowest BCUT2D eigenvalue weighted by molar-refractivity contribution is -0.153. The number of amides is 2. The van der Waals surface area contributed by atoms with Gasteiger partial charge in [-0.05, 0) is 88.8 Å². The van der Waals surface area contributed by atoms with Crippen molar-refractivity contribution < 1.29 is 65.3 Å². The predicted molar refractivity (Wildman–Crippen MR) is 322 cm³/mol. The van der Waals surface area contributed by atoms with Gasteiger partial charge in [-0.3, -0.25) is 38.2 Å². The van der Waals surface area contributed by atoms with Crippen molar-refractivity contribution in [3.05, 3.63) is 105 Å². The Balaban J connectivity index is 0.000000218. The zero-order valence-corrected chi connectivity index (χ0v) is 49.4. The van der Waals surface area contributed by atoms with Crippen LogP contribution in [-0.4, -0.2) is 166 Å². The highest BCUT2D eigenvalue weighted by Gasteiger charge is 2.36. The van der Waals surface area contributed by atoms with E-state index >= 15 is 0 Å². The highest BCUT2D eigenvalue weighted by atomic mass is 35.5. The van der Waals surface area contributed by atoms with Gasteiger partial charge in [0.15, 0.2) is 11.3 Å². The number of esters is 3. The van der Waals surface area contributed by atoms with Gasteiger partial charge in [0, 0.05) is 71.9 Å². The van der Waals surface area contributed by atoms with Crippen molar-refractivity contribution >= 4 is 113 Å². The van der Waals surface area contributed by atoms with Gasteiger partial charge in [-0.2, -0.15) is 10.2 Å². The fourth-order valence-electron chi connectivity index (χ4n) is 10.4. The van der Waals surface area contributed by atoms with Crippen molar-refractivity contribution in [3.63, 3.8) is 0 Å². The number of benzene rings is 2. The number of carbonyl (C=O) groups is 6. The van der Waals surface area contributed by atoms with Crippen molar-refractivity contribution in [1.82, 2.24) is 39.0 Å². The van der Waals surface area contributed by atoms with Gasteiger partial charge in [0.25, 0.3) is 11.8 Å². The van der Waals surface area contributed by atoms with Gasteiger partial charge in [0.05, 0.1) is 103 Å². The molecule has 2 aromatic carbocycles. The maximum absolute atomic E-state index is 13.8. The van der Waals surface area contributed by atoms with Gasteiger partial charge in [-0.1, -0.05) is 38.1 Å². The van der Waals surface area contributed by atoms with Crippen molar-refractivity contribution in [2.24, 2.45) is 0 Å². The zero-order chi connectivity index (χ0) is 60.4. The Morgan fingerprint density at radius 3 is 1.48 bits per heavy atom. The highest BCUT2D eigenvalue weighted by molar-refractivity contribution is 7.92. The van der Waals surface area contributed by atoms with Crippen LogP contribution in [0.1, 0.15) is 134 Å². The van der Waals surface area contributed by atoms with Gasteiger partial charge < -0.3 is 39.3 Å². The van der Waals surface area contributed by atoms with E-state index in [-0.39, 0.29) is 99.1 Å². The first-order chi connectivity index (χ1) is 39.7. The first-order valence-corrected chi connectivity index (χ1v) is 31.5. The molecule has 86 heavy (non-hydrogen) atoms. The maximum Gasteiger partial charge on any atom is 0.314 e. The van der Waals surface area contributed by atoms with E-state index in [1.165, 1.54) is 30.3 Å². The van der Waals surface area contributed by atoms with Crippen molar-refractivity contribution in [2.45, 2.75) is 117 Å². The summed E-state index contributed by atoms with van der Waals surface area (Å²) in [5.41, 5.74) is 5.18. The van der Waals surface area contributed by atoms with Crippen LogP contribution in [0.25, 0.3) is 11.3 Å². The average Bonchev–Trinajstić information content (AvgIpc) is 1.61. The molecule has 4 aromatic heterocycles. The Hall–Kier alpha value is -7.66. The number of sulfonamides is 2. The van der Waals surface area contributed by atoms with Gasteiger partial charge in [0.2, 0.25) is 20.0 Å². The molecule has 5 fully saturated rings. The predicted octanol–water partition coefficient (Wildman–Crippen LogP) is 6.76. The van der Waals surface area contributed by atoms with Gasteiger partial charge in [-0.25, -0.2) is 35.8 Å². The smallest absolute Gasteiger partial charge is 0.314 e. The molecular formula is C56H70Cl2N12O14S2. The Kier molecular flexibility index (Phi) is 21.0. The number of likely N-dealkylation sites (tertiary alicyclic amines) is 2. The molecule has 9 heterocycles. The molecule has 2 atom stereocenters. The number of nitrogens with one attached hydrogen (secondary N) is 2. The van der Waals surface area contributed by atoms with Crippen molar-refractivity contribution in [3.8, 4) is 0 Å². The SMILES string of the molecule is C.C.Cc1cn2nc([C@@H]3CCCCN3C(=O)c3cc(Cl)ccc3NS(C)(=O)=O)cc2nc1N1CC(O)C1.Cc1cn2nc([C@@H]3CCCCN3C(=O)c3cc(Cl)ccc3NS(C)(=O)=O)cc2nc1N1CC(OC(=O)CCC(=O)O)C1.O=C1CCC(=O)O1. The second kappa shape index (κ2) is 27.4. The Morgan fingerprint density at radius 1 is 0.663 bits per heavy atom. The number of hydrogen-bond donors (Lipinski definition) is 4. The minimum atomic E-state index is -3.63. The summed E-state index contributed by atoms with van der Waals surface area (Å²) in [4.78, 5) is 87.0. The third-order valence-corrected chi connectivity index (χ3v) is 16.0. The van der Waals surface area contributed by atoms with E-state index in [2.05, 4.69) is 14.2 Å². The molecular weight excluding hydrogens is 1200 g/mol. The Morgan fingerprint density at radius 2 is 1.09 bits per heavy atom. The molecule has 0 saturated carbocycles. The normalized spacial score (nSPS) is 18.0. The van der Waals surface area contributed by atoms with E-state index < -0.39 is 43.9 Å². The molecule has 0 bridgehead atoms. The number of nitrogens with zero attached hydrogens (tertiary/aromatic N) is 10. The molecule has 26 nitrogen and oxygen atoms in total. The van der Waals surface area contributed by atoms with E-state index in [4.69, 9.17) is 53.2 Å². The summed E-state index contributed by atoms with van der Waals surface area (Å²) in [5, 5.41) is 28.5. The van der Waals surface area contributed by atoms with Crippen LogP contribution in [0.2, 0.25) is 10.0 Å². The topological polar surface area (TPSA) is 327 Å². The summed E-state index contributed by atoms with van der Waals surface area (Å²) >= 11 is 12.4. The number of carbonyl (C=O) groups excluding carboxylic acids is 5.